The Kier molecular flexibility index (Phi) is 6.17. The van der Waals surface area contributed by atoms with E-state index in [9.17, 15) is 14.7 Å². The summed E-state index contributed by atoms with van der Waals surface area (Å²) in [4.78, 5) is 25.9. The maximum absolute atomic E-state index is 13.7. The average molecular weight is 574 g/mol. The van der Waals surface area contributed by atoms with Gasteiger partial charge in [-0.05, 0) is 85.5 Å². The van der Waals surface area contributed by atoms with E-state index < -0.39 is 23.1 Å². The maximum atomic E-state index is 13.7. The molecule has 37 heavy (non-hydrogen) atoms. The topological polar surface area (TPSA) is 82.1 Å². The van der Waals surface area contributed by atoms with E-state index in [2.05, 4.69) is 29.8 Å². The molecule has 5 aliphatic rings. The van der Waals surface area contributed by atoms with Crippen LogP contribution in [0.5, 0.6) is 0 Å². The van der Waals surface area contributed by atoms with Crippen LogP contribution < -0.4 is 0 Å². The molecule has 0 bridgehead atoms. The van der Waals surface area contributed by atoms with Crippen LogP contribution >= 0.6 is 15.9 Å². The summed E-state index contributed by atoms with van der Waals surface area (Å²) in [5, 5.41) is 11.8. The number of rotatable bonds is 3. The molecule has 1 heterocycles. The third kappa shape index (κ3) is 3.71. The van der Waals surface area contributed by atoms with Crippen molar-refractivity contribution in [2.24, 2.45) is 28.6 Å². The van der Waals surface area contributed by atoms with Gasteiger partial charge in [-0.25, -0.2) is 0 Å². The molecule has 1 N–H and O–H groups in total. The Morgan fingerprint density at radius 3 is 2.59 bits per heavy atom. The Hall–Kier alpha value is -1.38. The van der Waals surface area contributed by atoms with Gasteiger partial charge in [-0.3, -0.25) is 9.59 Å². The molecule has 200 valence electrons. The average Bonchev–Trinajstić information content (AvgIpc) is 3.15. The number of ketones is 2. The van der Waals surface area contributed by atoms with Crippen LogP contribution in [-0.2, 0) is 30.2 Å². The molecular weight excluding hydrogens is 536 g/mol. The van der Waals surface area contributed by atoms with Gasteiger partial charge >= 0.3 is 0 Å². The highest BCUT2D eigenvalue weighted by atomic mass is 79.9. The van der Waals surface area contributed by atoms with Crippen molar-refractivity contribution < 1.29 is 28.9 Å². The SMILES string of the molecule is COC1(Cc2ccc(Br)cc2)OCC(=O)[C@]2(CC[C@H]3[C@@H]4CCC5=CC(=O)CC[C@]5(C)[C@H]4[C@@H](O)C[C@@]32C)O1. The van der Waals surface area contributed by atoms with Gasteiger partial charge in [0.2, 0.25) is 0 Å². The lowest BCUT2D eigenvalue weighted by molar-refractivity contribution is -0.423. The molecule has 1 aliphatic heterocycles. The second kappa shape index (κ2) is 8.82. The number of aliphatic hydroxyl groups is 1. The highest BCUT2D eigenvalue weighted by Crippen LogP contribution is 2.69. The van der Waals surface area contributed by atoms with E-state index in [0.29, 0.717) is 25.7 Å². The minimum atomic E-state index is -1.36. The molecule has 1 aromatic carbocycles. The van der Waals surface area contributed by atoms with Crippen LogP contribution in [0.15, 0.2) is 40.4 Å². The summed E-state index contributed by atoms with van der Waals surface area (Å²) in [6, 6.07) is 7.94. The van der Waals surface area contributed by atoms with Gasteiger partial charge in [0.05, 0.1) is 12.5 Å². The van der Waals surface area contributed by atoms with E-state index in [1.807, 2.05) is 30.3 Å². The standard InChI is InChI=1S/C30H37BrO6/c1-27-12-10-21(32)14-19(27)6-9-22-23-11-13-29(28(23,2)16-24(33)26(22)27)25(34)17-36-30(35-3,37-29)15-18-4-7-20(31)8-5-18/h4-5,7-8,14,22-24,26,33H,6,9-13,15-17H2,1-3H3/t22-,23-,24-,26+,27-,28-,29-,30?/m0/s1. The van der Waals surface area contributed by atoms with Crippen LogP contribution in [0.25, 0.3) is 0 Å². The molecule has 7 heteroatoms. The van der Waals surface area contributed by atoms with Crippen molar-refractivity contribution in [2.45, 2.75) is 82.9 Å². The Labute approximate surface area is 227 Å². The smallest absolute Gasteiger partial charge is 0.288 e. The molecule has 3 saturated carbocycles. The van der Waals surface area contributed by atoms with E-state index in [1.165, 1.54) is 5.57 Å². The van der Waals surface area contributed by atoms with Crippen molar-refractivity contribution in [1.29, 1.82) is 0 Å². The number of ether oxygens (including phenoxy) is 3. The Bertz CT molecular complexity index is 1150. The van der Waals surface area contributed by atoms with Crippen LogP contribution in [0.1, 0.15) is 64.4 Å². The molecular formula is C30H37BrO6. The number of Topliss-reactive ketones (excluding diaryl/α,β-unsaturated/α-hetero) is 1. The summed E-state index contributed by atoms with van der Waals surface area (Å²) in [7, 11) is 1.57. The second-order valence-corrected chi connectivity index (χ2v) is 13.4. The predicted octanol–water partition coefficient (Wildman–Crippen LogP) is 5.15. The number of hydrogen-bond acceptors (Lipinski definition) is 6. The largest absolute Gasteiger partial charge is 0.393 e. The number of methoxy groups -OCH3 is 1. The van der Waals surface area contributed by atoms with E-state index in [4.69, 9.17) is 14.2 Å². The van der Waals surface area contributed by atoms with Gasteiger partial charge in [0.25, 0.3) is 5.97 Å². The lowest BCUT2D eigenvalue weighted by atomic mass is 9.45. The Morgan fingerprint density at radius 1 is 1.11 bits per heavy atom. The monoisotopic (exact) mass is 572 g/mol. The van der Waals surface area contributed by atoms with E-state index in [1.54, 1.807) is 7.11 Å². The van der Waals surface area contributed by atoms with Crippen LogP contribution in [0.3, 0.4) is 0 Å². The number of hydrogen-bond donors (Lipinski definition) is 1. The summed E-state index contributed by atoms with van der Waals surface area (Å²) < 4.78 is 19.7. The number of carbonyl (C=O) groups excluding carboxylic acids is 2. The maximum Gasteiger partial charge on any atom is 0.288 e. The molecule has 0 amide bonds. The fraction of sp³-hybridized carbons (Fsp3) is 0.667. The predicted molar refractivity (Wildman–Crippen MR) is 140 cm³/mol. The summed E-state index contributed by atoms with van der Waals surface area (Å²) in [6.45, 7) is 4.35. The molecule has 0 aromatic heterocycles. The van der Waals surface area contributed by atoms with Gasteiger partial charge in [0, 0.05) is 23.4 Å². The lowest BCUT2D eigenvalue weighted by Gasteiger charge is -2.62. The number of carbonyl (C=O) groups is 2. The number of benzene rings is 1. The quantitative estimate of drug-likeness (QED) is 0.539. The van der Waals surface area contributed by atoms with Gasteiger partial charge < -0.3 is 19.3 Å². The van der Waals surface area contributed by atoms with Crippen molar-refractivity contribution in [2.75, 3.05) is 13.7 Å². The Morgan fingerprint density at radius 2 is 1.86 bits per heavy atom. The minimum Gasteiger partial charge on any atom is -0.393 e. The van der Waals surface area contributed by atoms with E-state index in [-0.39, 0.29) is 41.3 Å². The number of allylic oxidation sites excluding steroid dienone is 1. The number of fused-ring (bicyclic) bond motifs is 6. The summed E-state index contributed by atoms with van der Waals surface area (Å²) in [6.07, 6.45) is 6.81. The van der Waals surface area contributed by atoms with Crippen LogP contribution in [0, 0.1) is 28.6 Å². The first kappa shape index (κ1) is 25.9. The Balaban J connectivity index is 1.34. The first-order valence-electron chi connectivity index (χ1n) is 13.6. The fourth-order valence-corrected chi connectivity index (χ4v) is 9.32. The molecule has 8 atom stereocenters. The zero-order chi connectivity index (χ0) is 26.2. The van der Waals surface area contributed by atoms with Gasteiger partial charge in [0.15, 0.2) is 11.6 Å². The van der Waals surface area contributed by atoms with Crippen molar-refractivity contribution in [3.05, 3.63) is 46.0 Å². The molecule has 4 fully saturated rings. The molecule has 1 saturated heterocycles. The van der Waals surface area contributed by atoms with E-state index >= 15 is 0 Å². The van der Waals surface area contributed by atoms with E-state index in [0.717, 1.165) is 35.7 Å². The second-order valence-electron chi connectivity index (χ2n) is 12.4. The summed E-state index contributed by atoms with van der Waals surface area (Å²) in [5.41, 5.74) is 0.453. The third-order valence-corrected chi connectivity index (χ3v) is 11.4. The van der Waals surface area contributed by atoms with Gasteiger partial charge in [-0.2, -0.15) is 0 Å². The minimum absolute atomic E-state index is 0.0440. The fourth-order valence-electron chi connectivity index (χ4n) is 9.06. The van der Waals surface area contributed by atoms with Crippen molar-refractivity contribution >= 4 is 27.5 Å². The van der Waals surface area contributed by atoms with Crippen molar-refractivity contribution in [1.82, 2.24) is 0 Å². The lowest BCUT2D eigenvalue weighted by Crippen LogP contribution is -2.68. The van der Waals surface area contributed by atoms with Crippen LogP contribution in [0.4, 0.5) is 0 Å². The molecule has 1 aromatic rings. The molecule has 1 spiro atoms. The van der Waals surface area contributed by atoms with Crippen LogP contribution in [0.2, 0.25) is 0 Å². The summed E-state index contributed by atoms with van der Waals surface area (Å²) >= 11 is 3.48. The van der Waals surface area contributed by atoms with Crippen molar-refractivity contribution in [3.8, 4) is 0 Å². The third-order valence-electron chi connectivity index (χ3n) is 10.9. The molecule has 0 radical (unpaired) electrons. The highest BCUT2D eigenvalue weighted by Gasteiger charge is 2.72. The summed E-state index contributed by atoms with van der Waals surface area (Å²) in [5.74, 6) is -0.563. The normalized spacial score (nSPS) is 45.3. The van der Waals surface area contributed by atoms with Gasteiger partial charge in [0.1, 0.15) is 12.2 Å². The number of halogens is 1. The molecule has 6 nitrogen and oxygen atoms in total. The zero-order valence-corrected chi connectivity index (χ0v) is 23.5. The van der Waals surface area contributed by atoms with Crippen LogP contribution in [-0.4, -0.2) is 48.1 Å². The molecule has 4 aliphatic carbocycles. The number of aliphatic hydroxyl groups excluding tert-OH is 1. The van der Waals surface area contributed by atoms with Gasteiger partial charge in [-0.15, -0.1) is 0 Å². The first-order chi connectivity index (χ1) is 17.6. The first-order valence-corrected chi connectivity index (χ1v) is 14.4. The zero-order valence-electron chi connectivity index (χ0n) is 21.9. The molecule has 6 rings (SSSR count). The molecule has 1 unspecified atom stereocenters. The highest BCUT2D eigenvalue weighted by molar-refractivity contribution is 9.10. The van der Waals surface area contributed by atoms with Gasteiger partial charge in [-0.1, -0.05) is 47.5 Å². The van der Waals surface area contributed by atoms with Crippen molar-refractivity contribution in [3.63, 3.8) is 0 Å².